The first-order chi connectivity index (χ1) is 11.0. The SMILES string of the molecule is Cn1ccc2cc(Cl)c(F)cc21.Fc1cc2[nH]ccc2cc1Cl. The number of nitrogens with one attached hydrogen (secondary N) is 1. The summed E-state index contributed by atoms with van der Waals surface area (Å²) in [7, 11) is 1.87. The van der Waals surface area contributed by atoms with E-state index in [0.29, 0.717) is 0 Å². The maximum Gasteiger partial charge on any atom is 0.143 e. The quantitative estimate of drug-likeness (QED) is 0.404. The molecule has 0 spiro atoms. The highest BCUT2D eigenvalue weighted by atomic mass is 35.5. The van der Waals surface area contributed by atoms with Gasteiger partial charge in [-0.25, -0.2) is 8.78 Å². The third-order valence-electron chi connectivity index (χ3n) is 3.52. The summed E-state index contributed by atoms with van der Waals surface area (Å²) in [5.74, 6) is -0.757. The molecule has 118 valence electrons. The minimum atomic E-state index is -0.387. The molecule has 0 aliphatic rings. The van der Waals surface area contributed by atoms with Gasteiger partial charge in [0.05, 0.1) is 15.6 Å². The van der Waals surface area contributed by atoms with E-state index < -0.39 is 0 Å². The molecule has 0 aliphatic carbocycles. The molecule has 0 saturated heterocycles. The lowest BCUT2D eigenvalue weighted by Crippen LogP contribution is -1.85. The Morgan fingerprint density at radius 3 is 2.30 bits per heavy atom. The van der Waals surface area contributed by atoms with Crippen LogP contribution in [0.1, 0.15) is 0 Å². The van der Waals surface area contributed by atoms with Gasteiger partial charge in [-0.05, 0) is 36.4 Å². The fourth-order valence-corrected chi connectivity index (χ4v) is 2.65. The van der Waals surface area contributed by atoms with Crippen LogP contribution in [0.25, 0.3) is 21.8 Å². The van der Waals surface area contributed by atoms with Crippen molar-refractivity contribution in [2.24, 2.45) is 7.05 Å². The number of rotatable bonds is 0. The van der Waals surface area contributed by atoms with Crippen LogP contribution in [-0.4, -0.2) is 9.55 Å². The van der Waals surface area contributed by atoms with Gasteiger partial charge < -0.3 is 9.55 Å². The van der Waals surface area contributed by atoms with E-state index >= 15 is 0 Å². The van der Waals surface area contributed by atoms with Crippen LogP contribution in [0, 0.1) is 11.6 Å². The van der Waals surface area contributed by atoms with Crippen molar-refractivity contribution >= 4 is 45.0 Å². The van der Waals surface area contributed by atoms with Gasteiger partial charge in [0, 0.05) is 35.7 Å². The number of aryl methyl sites for hydroxylation is 1. The smallest absolute Gasteiger partial charge is 0.143 e. The van der Waals surface area contributed by atoms with Crippen LogP contribution in [0.3, 0.4) is 0 Å². The standard InChI is InChI=1S/C9H7ClFN.C8H5ClFN/c1-12-3-2-6-4-7(10)8(11)5-9(6)12;9-6-3-5-1-2-11-8(5)4-7(6)10/h2-5H,1H3;1-4,11H. The van der Waals surface area contributed by atoms with Gasteiger partial charge in [0.2, 0.25) is 0 Å². The van der Waals surface area contributed by atoms with Crippen molar-refractivity contribution < 1.29 is 8.78 Å². The molecule has 0 unspecified atom stereocenters. The lowest BCUT2D eigenvalue weighted by atomic mass is 10.2. The van der Waals surface area contributed by atoms with E-state index in [4.69, 9.17) is 23.2 Å². The van der Waals surface area contributed by atoms with E-state index in [1.807, 2.05) is 29.9 Å². The summed E-state index contributed by atoms with van der Waals surface area (Å²) in [6, 6.07) is 9.81. The van der Waals surface area contributed by atoms with Gasteiger partial charge in [0.25, 0.3) is 0 Å². The zero-order chi connectivity index (χ0) is 16.6. The largest absolute Gasteiger partial charge is 0.361 e. The first-order valence-electron chi connectivity index (χ1n) is 6.78. The normalized spacial score (nSPS) is 10.8. The zero-order valence-electron chi connectivity index (χ0n) is 12.1. The monoisotopic (exact) mass is 352 g/mol. The number of H-pyrrole nitrogens is 1. The predicted octanol–water partition coefficient (Wildman–Crippen LogP) is 5.93. The number of aromatic amines is 1. The Labute approximate surface area is 141 Å². The second kappa shape index (κ2) is 6.22. The number of aromatic nitrogens is 2. The molecule has 2 aromatic heterocycles. The number of hydrogen-bond acceptors (Lipinski definition) is 0. The molecule has 4 rings (SSSR count). The van der Waals surface area contributed by atoms with Crippen molar-refractivity contribution in [2.45, 2.75) is 0 Å². The zero-order valence-corrected chi connectivity index (χ0v) is 13.6. The molecule has 2 heterocycles. The molecule has 4 aromatic rings. The summed E-state index contributed by atoms with van der Waals surface area (Å²) in [5, 5.41) is 2.23. The molecule has 23 heavy (non-hydrogen) atoms. The minimum Gasteiger partial charge on any atom is -0.361 e. The first-order valence-corrected chi connectivity index (χ1v) is 7.53. The van der Waals surface area contributed by atoms with E-state index in [1.54, 1.807) is 18.3 Å². The van der Waals surface area contributed by atoms with Gasteiger partial charge in [-0.15, -0.1) is 0 Å². The maximum atomic E-state index is 13.0. The van der Waals surface area contributed by atoms with Crippen LogP contribution in [0.5, 0.6) is 0 Å². The van der Waals surface area contributed by atoms with E-state index in [2.05, 4.69) is 4.98 Å². The molecule has 0 aliphatic heterocycles. The highest BCUT2D eigenvalue weighted by molar-refractivity contribution is 6.31. The van der Waals surface area contributed by atoms with Gasteiger partial charge in [0.15, 0.2) is 0 Å². The molecule has 2 aromatic carbocycles. The summed E-state index contributed by atoms with van der Waals surface area (Å²) in [6.45, 7) is 0. The number of nitrogens with zero attached hydrogens (tertiary/aromatic N) is 1. The van der Waals surface area contributed by atoms with Crippen molar-refractivity contribution in [3.63, 3.8) is 0 Å². The van der Waals surface area contributed by atoms with E-state index in [0.717, 1.165) is 21.8 Å². The van der Waals surface area contributed by atoms with Crippen molar-refractivity contribution in [1.29, 1.82) is 0 Å². The second-order valence-electron chi connectivity index (χ2n) is 5.08. The third kappa shape index (κ3) is 3.19. The van der Waals surface area contributed by atoms with Gasteiger partial charge in [-0.2, -0.15) is 0 Å². The predicted molar refractivity (Wildman–Crippen MR) is 91.2 cm³/mol. The number of fused-ring (bicyclic) bond motifs is 2. The Balaban J connectivity index is 0.000000136. The lowest BCUT2D eigenvalue weighted by molar-refractivity contribution is 0.629. The molecule has 0 bridgehead atoms. The first kappa shape index (κ1) is 15.8. The summed E-state index contributed by atoms with van der Waals surface area (Å²) < 4.78 is 27.6. The Bertz CT molecular complexity index is 953. The summed E-state index contributed by atoms with van der Waals surface area (Å²) in [6.07, 6.45) is 3.63. The summed E-state index contributed by atoms with van der Waals surface area (Å²) in [4.78, 5) is 2.89. The van der Waals surface area contributed by atoms with Crippen molar-refractivity contribution in [2.75, 3.05) is 0 Å². The molecule has 0 saturated carbocycles. The molecular weight excluding hydrogens is 341 g/mol. The maximum absolute atomic E-state index is 13.0. The molecule has 0 fully saturated rings. The Morgan fingerprint density at radius 1 is 0.913 bits per heavy atom. The van der Waals surface area contributed by atoms with Crippen LogP contribution in [0.4, 0.5) is 8.78 Å². The third-order valence-corrected chi connectivity index (χ3v) is 4.10. The Kier molecular flexibility index (Phi) is 4.28. The molecule has 0 radical (unpaired) electrons. The minimum absolute atomic E-state index is 0.164. The van der Waals surface area contributed by atoms with Crippen LogP contribution >= 0.6 is 23.2 Å². The highest BCUT2D eigenvalue weighted by Gasteiger charge is 2.04. The summed E-state index contributed by atoms with van der Waals surface area (Å²) >= 11 is 11.2. The Morgan fingerprint density at radius 2 is 1.57 bits per heavy atom. The van der Waals surface area contributed by atoms with Gasteiger partial charge in [-0.1, -0.05) is 23.2 Å². The fourth-order valence-electron chi connectivity index (χ4n) is 2.31. The van der Waals surface area contributed by atoms with Gasteiger partial charge in [0.1, 0.15) is 11.6 Å². The number of benzene rings is 2. The topological polar surface area (TPSA) is 20.7 Å². The Hall–Kier alpha value is -2.04. The average Bonchev–Trinajstić information content (AvgIpc) is 3.09. The highest BCUT2D eigenvalue weighted by Crippen LogP contribution is 2.23. The molecule has 6 heteroatoms. The van der Waals surface area contributed by atoms with E-state index in [1.165, 1.54) is 12.1 Å². The fraction of sp³-hybridized carbons (Fsp3) is 0.0588. The van der Waals surface area contributed by atoms with Crippen LogP contribution < -0.4 is 0 Å². The van der Waals surface area contributed by atoms with Gasteiger partial charge in [-0.3, -0.25) is 0 Å². The second-order valence-corrected chi connectivity index (χ2v) is 5.90. The summed E-state index contributed by atoms with van der Waals surface area (Å²) in [5.41, 5.74) is 1.63. The van der Waals surface area contributed by atoms with Crippen molar-refractivity contribution in [3.05, 3.63) is 70.5 Å². The van der Waals surface area contributed by atoms with Crippen molar-refractivity contribution in [3.8, 4) is 0 Å². The molecule has 1 N–H and O–H groups in total. The number of hydrogen-bond donors (Lipinski definition) is 1. The molecular formula is C17H12Cl2F2N2. The van der Waals surface area contributed by atoms with Crippen LogP contribution in [0.15, 0.2) is 48.8 Å². The lowest BCUT2D eigenvalue weighted by Gasteiger charge is -1.97. The molecule has 0 atom stereocenters. The van der Waals surface area contributed by atoms with Crippen LogP contribution in [0.2, 0.25) is 10.0 Å². The molecule has 2 nitrogen and oxygen atoms in total. The van der Waals surface area contributed by atoms with E-state index in [9.17, 15) is 8.78 Å². The molecule has 0 amide bonds. The van der Waals surface area contributed by atoms with Crippen LogP contribution in [-0.2, 0) is 7.05 Å². The van der Waals surface area contributed by atoms with E-state index in [-0.39, 0.29) is 21.7 Å². The average molecular weight is 353 g/mol. The number of halogens is 4. The van der Waals surface area contributed by atoms with Crippen molar-refractivity contribution in [1.82, 2.24) is 9.55 Å². The van der Waals surface area contributed by atoms with Gasteiger partial charge >= 0.3 is 0 Å².